The molecular formula is C17H21NO2S. The number of hydrogen-bond donors (Lipinski definition) is 1. The molecule has 0 aliphatic rings. The maximum Gasteiger partial charge on any atom is 0.119 e. The Bertz CT molecular complexity index is 586. The van der Waals surface area contributed by atoms with Gasteiger partial charge in [0.15, 0.2) is 0 Å². The van der Waals surface area contributed by atoms with Crippen molar-refractivity contribution in [3.63, 3.8) is 0 Å². The van der Waals surface area contributed by atoms with Gasteiger partial charge >= 0.3 is 0 Å². The lowest BCUT2D eigenvalue weighted by Gasteiger charge is -2.18. The van der Waals surface area contributed by atoms with Crippen LogP contribution in [0.15, 0.2) is 54.6 Å². The summed E-state index contributed by atoms with van der Waals surface area (Å²) in [7, 11) is 0.819. The summed E-state index contributed by atoms with van der Waals surface area (Å²) < 4.78 is 16.8. The van der Waals surface area contributed by atoms with Crippen LogP contribution >= 0.6 is 0 Å². The summed E-state index contributed by atoms with van der Waals surface area (Å²) in [5.74, 6) is 1.46. The van der Waals surface area contributed by atoms with Gasteiger partial charge in [-0.15, -0.1) is 0 Å². The van der Waals surface area contributed by atoms with Gasteiger partial charge in [0, 0.05) is 35.4 Å². The van der Waals surface area contributed by atoms with Gasteiger partial charge in [-0.25, -0.2) is 0 Å². The summed E-state index contributed by atoms with van der Waals surface area (Å²) >= 11 is 0. The lowest BCUT2D eigenvalue weighted by molar-refractivity contribution is 0.414. The standard InChI is InChI=1S/C17H21NO2S/c1-20-16-10-6-7-14(11-16)12-18-17(13-21(2)19)15-8-4-3-5-9-15/h3-11,17-18H,12-13H2,1-2H3/t17-,21-/m1/s1. The molecule has 2 atom stereocenters. The van der Waals surface area contributed by atoms with Crippen LogP contribution < -0.4 is 10.1 Å². The molecule has 4 heteroatoms. The molecule has 2 rings (SSSR count). The molecule has 0 saturated carbocycles. The molecule has 0 radical (unpaired) electrons. The number of nitrogens with one attached hydrogen (secondary N) is 1. The van der Waals surface area contributed by atoms with E-state index in [1.165, 1.54) is 0 Å². The van der Waals surface area contributed by atoms with Crippen LogP contribution in [0.25, 0.3) is 0 Å². The normalized spacial score (nSPS) is 13.6. The summed E-state index contributed by atoms with van der Waals surface area (Å²) in [5.41, 5.74) is 2.31. The summed E-state index contributed by atoms with van der Waals surface area (Å²) in [6.45, 7) is 0.716. The first kappa shape index (κ1) is 15.7. The molecule has 0 amide bonds. The molecule has 0 fully saturated rings. The van der Waals surface area contributed by atoms with Crippen LogP contribution in [0.3, 0.4) is 0 Å². The van der Waals surface area contributed by atoms with Gasteiger partial charge in [0.25, 0.3) is 0 Å². The van der Waals surface area contributed by atoms with Gasteiger partial charge in [-0.1, -0.05) is 42.5 Å². The zero-order valence-corrected chi connectivity index (χ0v) is 13.2. The Balaban J connectivity index is 2.06. The largest absolute Gasteiger partial charge is 0.497 e. The van der Waals surface area contributed by atoms with Gasteiger partial charge in [-0.3, -0.25) is 4.21 Å². The summed E-state index contributed by atoms with van der Waals surface area (Å²) in [6, 6.07) is 18.2. The van der Waals surface area contributed by atoms with Crippen molar-refractivity contribution >= 4 is 10.8 Å². The summed E-state index contributed by atoms with van der Waals surface area (Å²) in [4.78, 5) is 0. The van der Waals surface area contributed by atoms with Gasteiger partial charge in [0.1, 0.15) is 5.75 Å². The van der Waals surface area contributed by atoms with Crippen molar-refractivity contribution in [3.05, 3.63) is 65.7 Å². The molecule has 0 aromatic heterocycles. The average Bonchev–Trinajstić information content (AvgIpc) is 2.52. The van der Waals surface area contributed by atoms with Crippen LogP contribution in [-0.4, -0.2) is 23.3 Å². The van der Waals surface area contributed by atoms with Crippen LogP contribution in [0.1, 0.15) is 17.2 Å². The number of rotatable bonds is 7. The first-order valence-electron chi connectivity index (χ1n) is 6.90. The second kappa shape index (κ2) is 7.96. The average molecular weight is 303 g/mol. The molecular weight excluding hydrogens is 282 g/mol. The van der Waals surface area contributed by atoms with Crippen LogP contribution in [0, 0.1) is 0 Å². The fraction of sp³-hybridized carbons (Fsp3) is 0.294. The van der Waals surface area contributed by atoms with Crippen molar-refractivity contribution in [2.45, 2.75) is 12.6 Å². The van der Waals surface area contributed by atoms with Crippen molar-refractivity contribution in [1.29, 1.82) is 0 Å². The molecule has 0 bridgehead atoms. The van der Waals surface area contributed by atoms with E-state index in [2.05, 4.69) is 23.5 Å². The third kappa shape index (κ3) is 4.99. The zero-order chi connectivity index (χ0) is 15.1. The van der Waals surface area contributed by atoms with Crippen molar-refractivity contribution < 1.29 is 8.95 Å². The number of ether oxygens (including phenoxy) is 1. The molecule has 1 N–H and O–H groups in total. The quantitative estimate of drug-likeness (QED) is 0.855. The maximum absolute atomic E-state index is 11.6. The van der Waals surface area contributed by atoms with Crippen molar-refractivity contribution in [2.75, 3.05) is 19.1 Å². The monoisotopic (exact) mass is 303 g/mol. The molecule has 21 heavy (non-hydrogen) atoms. The lowest BCUT2D eigenvalue weighted by atomic mass is 10.1. The van der Waals surface area contributed by atoms with E-state index in [1.54, 1.807) is 13.4 Å². The fourth-order valence-corrected chi connectivity index (χ4v) is 3.00. The van der Waals surface area contributed by atoms with Crippen LogP contribution in [0.5, 0.6) is 5.75 Å². The van der Waals surface area contributed by atoms with Crippen LogP contribution in [0.2, 0.25) is 0 Å². The second-order valence-corrected chi connectivity index (χ2v) is 6.42. The zero-order valence-electron chi connectivity index (χ0n) is 12.4. The Morgan fingerprint density at radius 2 is 1.90 bits per heavy atom. The predicted octanol–water partition coefficient (Wildman–Crippen LogP) is 2.90. The number of methoxy groups -OCH3 is 1. The minimum Gasteiger partial charge on any atom is -0.497 e. The first-order chi connectivity index (χ1) is 10.2. The fourth-order valence-electron chi connectivity index (χ4n) is 2.22. The smallest absolute Gasteiger partial charge is 0.119 e. The third-order valence-electron chi connectivity index (χ3n) is 3.29. The molecule has 3 nitrogen and oxygen atoms in total. The molecule has 0 unspecified atom stereocenters. The molecule has 2 aromatic carbocycles. The van der Waals surface area contributed by atoms with Crippen molar-refractivity contribution in [1.82, 2.24) is 5.32 Å². The Morgan fingerprint density at radius 1 is 1.14 bits per heavy atom. The Hall–Kier alpha value is -1.65. The highest BCUT2D eigenvalue weighted by Gasteiger charge is 2.12. The highest BCUT2D eigenvalue weighted by Crippen LogP contribution is 2.16. The number of benzene rings is 2. The third-order valence-corrected chi connectivity index (χ3v) is 4.09. The van der Waals surface area contributed by atoms with Gasteiger partial charge in [0.2, 0.25) is 0 Å². The molecule has 0 spiro atoms. The predicted molar refractivity (Wildman–Crippen MR) is 88.0 cm³/mol. The van der Waals surface area contributed by atoms with E-state index in [9.17, 15) is 4.21 Å². The van der Waals surface area contributed by atoms with E-state index in [0.717, 1.165) is 16.9 Å². The van der Waals surface area contributed by atoms with Crippen LogP contribution in [-0.2, 0) is 17.3 Å². The Morgan fingerprint density at radius 3 is 2.57 bits per heavy atom. The van der Waals surface area contributed by atoms with E-state index in [0.29, 0.717) is 12.3 Å². The Labute approximate surface area is 128 Å². The highest BCUT2D eigenvalue weighted by atomic mass is 32.2. The second-order valence-electron chi connectivity index (χ2n) is 4.94. The minimum absolute atomic E-state index is 0.0863. The van der Waals surface area contributed by atoms with E-state index < -0.39 is 10.8 Å². The molecule has 112 valence electrons. The van der Waals surface area contributed by atoms with Crippen molar-refractivity contribution in [2.24, 2.45) is 0 Å². The number of hydrogen-bond acceptors (Lipinski definition) is 3. The van der Waals surface area contributed by atoms with Gasteiger partial charge in [0.05, 0.1) is 7.11 Å². The van der Waals surface area contributed by atoms with E-state index in [-0.39, 0.29) is 6.04 Å². The van der Waals surface area contributed by atoms with E-state index >= 15 is 0 Å². The van der Waals surface area contributed by atoms with Gasteiger partial charge in [-0.2, -0.15) is 0 Å². The highest BCUT2D eigenvalue weighted by molar-refractivity contribution is 7.84. The molecule has 2 aromatic rings. The van der Waals surface area contributed by atoms with Gasteiger partial charge in [-0.05, 0) is 23.3 Å². The van der Waals surface area contributed by atoms with Gasteiger partial charge < -0.3 is 10.1 Å². The SMILES string of the molecule is COc1cccc(CN[C@H](C[S@@](C)=O)c2ccccc2)c1. The molecule has 0 aliphatic carbocycles. The lowest BCUT2D eigenvalue weighted by Crippen LogP contribution is -2.25. The topological polar surface area (TPSA) is 38.3 Å². The summed E-state index contributed by atoms with van der Waals surface area (Å²) in [6.07, 6.45) is 1.74. The molecule has 0 saturated heterocycles. The van der Waals surface area contributed by atoms with E-state index in [1.807, 2.05) is 36.4 Å². The minimum atomic E-state index is -0.847. The summed E-state index contributed by atoms with van der Waals surface area (Å²) in [5, 5.41) is 3.49. The first-order valence-corrected chi connectivity index (χ1v) is 8.63. The molecule has 0 aliphatic heterocycles. The Kier molecular flexibility index (Phi) is 5.96. The van der Waals surface area contributed by atoms with E-state index in [4.69, 9.17) is 4.74 Å². The molecule has 0 heterocycles. The van der Waals surface area contributed by atoms with Crippen LogP contribution in [0.4, 0.5) is 0 Å². The maximum atomic E-state index is 11.6. The van der Waals surface area contributed by atoms with Crippen molar-refractivity contribution in [3.8, 4) is 5.75 Å².